The van der Waals surface area contributed by atoms with Gasteiger partial charge in [-0.1, -0.05) is 231 Å². The van der Waals surface area contributed by atoms with Crippen LogP contribution in [0, 0.1) is 0 Å². The summed E-state index contributed by atoms with van der Waals surface area (Å²) in [7, 11) is 0. The molecule has 0 N–H and O–H groups in total. The third-order valence-electron chi connectivity index (χ3n) is 17.4. The molecule has 0 heterocycles. The topological polar surface area (TPSA) is 0 Å². The van der Waals surface area contributed by atoms with Gasteiger partial charge in [-0.15, -0.1) is 0 Å². The van der Waals surface area contributed by atoms with Crippen LogP contribution < -0.4 is 0 Å². The molecule has 0 bridgehead atoms. The lowest BCUT2D eigenvalue weighted by Gasteiger charge is -2.21. The predicted molar refractivity (Wildman–Crippen MR) is 319 cm³/mol. The number of hydrogen-bond donors (Lipinski definition) is 0. The maximum Gasteiger partial charge on any atom is -0.000696 e. The molecule has 17 aromatic carbocycles. The summed E-state index contributed by atoms with van der Waals surface area (Å²) in [6, 6.07) is 91.9. The van der Waals surface area contributed by atoms with Crippen LogP contribution in [0.1, 0.15) is 0 Å². The van der Waals surface area contributed by atoms with E-state index in [4.69, 9.17) is 0 Å². The van der Waals surface area contributed by atoms with Crippen molar-refractivity contribution in [1.82, 2.24) is 0 Å². The molecule has 0 saturated heterocycles. The lowest BCUT2D eigenvalue weighted by molar-refractivity contribution is 1.61. The van der Waals surface area contributed by atoms with E-state index in [1.165, 1.54) is 185 Å². The van der Waals surface area contributed by atoms with Crippen molar-refractivity contribution in [1.29, 1.82) is 0 Å². The molecule has 1 aliphatic carbocycles. The Kier molecular flexibility index (Phi) is 7.43. The smallest absolute Gasteiger partial charge is 0.000696 e. The van der Waals surface area contributed by atoms with Crippen molar-refractivity contribution in [2.75, 3.05) is 0 Å². The van der Waals surface area contributed by atoms with Crippen molar-refractivity contribution in [3.8, 4) is 66.8 Å². The molecule has 0 nitrogen and oxygen atoms in total. The van der Waals surface area contributed by atoms with Crippen molar-refractivity contribution < 1.29 is 0 Å². The standard InChI is InChI=1S/C74H40/c1-5-17-41(18-6-1)45-29-30-54-59(39-45)62(43-21-9-3-10-22-43)71-56-36-32-51-52-33-37-57-68-58(38-34-53(66(52)68)50-31-35-55(67(56)65(50)51)70(71)61(54)42-19-7-2-8-20-42)73-69-49-28-16-15-27-48(49)64-47-26-14-13-25-46(47)40-60(74(64)69)63(72(57)73)44-23-11-4-12-24-44/h1-40H. The first-order valence-corrected chi connectivity index (χ1v) is 26.0. The van der Waals surface area contributed by atoms with Gasteiger partial charge in [0.1, 0.15) is 0 Å². The van der Waals surface area contributed by atoms with Gasteiger partial charge in [0.15, 0.2) is 0 Å². The van der Waals surface area contributed by atoms with E-state index in [-0.39, 0.29) is 0 Å². The molecule has 0 radical (unpaired) electrons. The molecular weight excluding hydrogens is 889 g/mol. The van der Waals surface area contributed by atoms with Crippen LogP contribution in [-0.2, 0) is 0 Å². The van der Waals surface area contributed by atoms with Crippen molar-refractivity contribution in [2.45, 2.75) is 0 Å². The quantitative estimate of drug-likeness (QED) is 0.122. The summed E-state index contributed by atoms with van der Waals surface area (Å²) < 4.78 is 0. The van der Waals surface area contributed by atoms with Gasteiger partial charge in [0.25, 0.3) is 0 Å². The average molecular weight is 929 g/mol. The summed E-state index contributed by atoms with van der Waals surface area (Å²) >= 11 is 0. The summed E-state index contributed by atoms with van der Waals surface area (Å²) in [6.07, 6.45) is 0. The molecule has 0 spiro atoms. The van der Waals surface area contributed by atoms with Crippen LogP contribution in [-0.4, -0.2) is 0 Å². The average Bonchev–Trinajstić information content (AvgIpc) is 4.14. The number of hydrogen-bond acceptors (Lipinski definition) is 0. The highest BCUT2D eigenvalue weighted by atomic mass is 14.4. The highest BCUT2D eigenvalue weighted by molar-refractivity contribution is 6.52. The minimum absolute atomic E-state index is 1.22. The number of fused-ring (bicyclic) bond motifs is 15. The highest BCUT2D eigenvalue weighted by Gasteiger charge is 2.33. The first-order valence-electron chi connectivity index (χ1n) is 26.0. The second kappa shape index (κ2) is 14.1. The Morgan fingerprint density at radius 3 is 1.14 bits per heavy atom. The molecule has 0 unspecified atom stereocenters. The van der Waals surface area contributed by atoms with Gasteiger partial charge in [-0.2, -0.15) is 0 Å². The molecule has 17 aromatic rings. The van der Waals surface area contributed by atoms with Gasteiger partial charge < -0.3 is 0 Å². The second-order valence-corrected chi connectivity index (χ2v) is 20.8. The van der Waals surface area contributed by atoms with E-state index in [0.717, 1.165) is 0 Å². The fraction of sp³-hybridized carbons (Fsp3) is 0. The number of rotatable bonds is 4. The maximum absolute atomic E-state index is 2.48. The Balaban J connectivity index is 1.00. The van der Waals surface area contributed by atoms with Crippen LogP contribution in [0.15, 0.2) is 243 Å². The zero-order chi connectivity index (χ0) is 47.9. The summed E-state index contributed by atoms with van der Waals surface area (Å²) in [5.41, 5.74) is 15.4. The van der Waals surface area contributed by atoms with E-state index in [2.05, 4.69) is 243 Å². The largest absolute Gasteiger partial charge is 0.0622 e. The molecular formula is C74H40. The highest BCUT2D eigenvalue weighted by Crippen LogP contribution is 2.61. The van der Waals surface area contributed by atoms with Crippen molar-refractivity contribution in [2.24, 2.45) is 0 Å². The Morgan fingerprint density at radius 2 is 0.527 bits per heavy atom. The third-order valence-corrected chi connectivity index (χ3v) is 17.4. The van der Waals surface area contributed by atoms with Gasteiger partial charge >= 0.3 is 0 Å². The van der Waals surface area contributed by atoms with Crippen LogP contribution in [0.2, 0.25) is 0 Å². The Hall–Kier alpha value is -9.62. The SMILES string of the molecule is c1ccc(-c2ccc3c(-c4ccccc4)c4c(c(-c5ccccc5)c3c2)-c2ccc3c5ccc6c7c(-c8ccccc8)c8cc9ccccc9c9c%10ccccc%10c(c7c7ccc(c%10ccc-4c2c3%10)c5c67)c89)cc1. The van der Waals surface area contributed by atoms with Crippen molar-refractivity contribution in [3.05, 3.63) is 243 Å². The van der Waals surface area contributed by atoms with Crippen LogP contribution in [0.25, 0.3) is 185 Å². The first kappa shape index (κ1) is 39.0. The Bertz CT molecular complexity index is 5220. The summed E-state index contributed by atoms with van der Waals surface area (Å²) in [6.45, 7) is 0. The fourth-order valence-corrected chi connectivity index (χ4v) is 14.6. The normalized spacial score (nSPS) is 12.6. The maximum atomic E-state index is 2.48. The minimum atomic E-state index is 1.22. The van der Waals surface area contributed by atoms with Gasteiger partial charge in [-0.25, -0.2) is 0 Å². The molecule has 0 saturated carbocycles. The van der Waals surface area contributed by atoms with Crippen molar-refractivity contribution in [3.63, 3.8) is 0 Å². The van der Waals surface area contributed by atoms with Crippen LogP contribution in [0.3, 0.4) is 0 Å². The molecule has 0 aromatic heterocycles. The van der Waals surface area contributed by atoms with E-state index >= 15 is 0 Å². The Labute approximate surface area is 425 Å². The van der Waals surface area contributed by atoms with Crippen molar-refractivity contribution >= 4 is 118 Å². The monoisotopic (exact) mass is 928 g/mol. The predicted octanol–water partition coefficient (Wildman–Crippen LogP) is 21.0. The molecule has 0 atom stereocenters. The second-order valence-electron chi connectivity index (χ2n) is 20.8. The Morgan fingerprint density at radius 1 is 0.149 bits per heavy atom. The zero-order valence-corrected chi connectivity index (χ0v) is 40.1. The van der Waals surface area contributed by atoms with E-state index in [9.17, 15) is 0 Å². The van der Waals surface area contributed by atoms with Gasteiger partial charge in [0, 0.05) is 0 Å². The van der Waals surface area contributed by atoms with Crippen LogP contribution in [0.4, 0.5) is 0 Å². The molecule has 0 fully saturated rings. The first-order chi connectivity index (χ1) is 36.8. The van der Waals surface area contributed by atoms with Gasteiger partial charge in [-0.05, 0) is 197 Å². The molecule has 336 valence electrons. The molecule has 0 aliphatic heterocycles. The van der Waals surface area contributed by atoms with Crippen LogP contribution in [0.5, 0.6) is 0 Å². The zero-order valence-electron chi connectivity index (χ0n) is 40.1. The number of benzene rings is 15. The van der Waals surface area contributed by atoms with E-state index < -0.39 is 0 Å². The van der Waals surface area contributed by atoms with Gasteiger partial charge in [0.05, 0.1) is 0 Å². The fourth-order valence-electron chi connectivity index (χ4n) is 14.6. The third kappa shape index (κ3) is 4.80. The van der Waals surface area contributed by atoms with E-state index in [1.54, 1.807) is 0 Å². The van der Waals surface area contributed by atoms with Gasteiger partial charge in [0.2, 0.25) is 0 Å². The molecule has 74 heavy (non-hydrogen) atoms. The van der Waals surface area contributed by atoms with E-state index in [1.807, 2.05) is 0 Å². The lowest BCUT2D eigenvalue weighted by Crippen LogP contribution is -1.94. The van der Waals surface area contributed by atoms with Gasteiger partial charge in [-0.3, -0.25) is 0 Å². The molecule has 18 rings (SSSR count). The minimum Gasteiger partial charge on any atom is -0.0622 e. The summed E-state index contributed by atoms with van der Waals surface area (Å²) in [4.78, 5) is 0. The van der Waals surface area contributed by atoms with E-state index in [0.29, 0.717) is 0 Å². The molecule has 0 amide bonds. The summed E-state index contributed by atoms with van der Waals surface area (Å²) in [5.74, 6) is 0. The summed E-state index contributed by atoms with van der Waals surface area (Å²) in [5, 5.41) is 29.4. The molecule has 1 aliphatic rings. The van der Waals surface area contributed by atoms with Crippen LogP contribution >= 0.6 is 0 Å². The molecule has 0 heteroatoms. The lowest BCUT2D eigenvalue weighted by atomic mass is 9.82.